The number of anilines is 1. The van der Waals surface area contributed by atoms with Crippen molar-refractivity contribution >= 4 is 5.69 Å². The second kappa shape index (κ2) is 5.51. The van der Waals surface area contributed by atoms with Gasteiger partial charge in [-0.15, -0.1) is 0 Å². The SMILES string of the molecule is CNCC1CN(C)C(C)(C)CN1c1ccc(C)cc1. The zero-order valence-corrected chi connectivity index (χ0v) is 12.9. The second-order valence-corrected chi connectivity index (χ2v) is 6.37. The van der Waals surface area contributed by atoms with Gasteiger partial charge in [0.15, 0.2) is 0 Å². The summed E-state index contributed by atoms with van der Waals surface area (Å²) >= 11 is 0. The number of hydrogen-bond donors (Lipinski definition) is 1. The number of rotatable bonds is 3. The first kappa shape index (κ1) is 14.4. The zero-order chi connectivity index (χ0) is 14.0. The number of hydrogen-bond acceptors (Lipinski definition) is 3. The number of aryl methyl sites for hydroxylation is 1. The Balaban J connectivity index is 2.25. The van der Waals surface area contributed by atoms with E-state index in [1.165, 1.54) is 11.3 Å². The molecular weight excluding hydrogens is 234 g/mol. The van der Waals surface area contributed by atoms with Crippen molar-refractivity contribution in [2.45, 2.75) is 32.4 Å². The first-order valence-electron chi connectivity index (χ1n) is 7.13. The number of nitrogens with zero attached hydrogens (tertiary/aromatic N) is 2. The molecule has 1 heterocycles. The van der Waals surface area contributed by atoms with Crippen LogP contribution in [0.15, 0.2) is 24.3 Å². The average Bonchev–Trinajstić information content (AvgIpc) is 2.35. The summed E-state index contributed by atoms with van der Waals surface area (Å²) in [6.07, 6.45) is 0. The maximum Gasteiger partial charge on any atom is 0.0542 e. The van der Waals surface area contributed by atoms with Crippen LogP contribution in [0.3, 0.4) is 0 Å². The summed E-state index contributed by atoms with van der Waals surface area (Å²) < 4.78 is 0. The van der Waals surface area contributed by atoms with Crippen molar-refractivity contribution in [3.05, 3.63) is 29.8 Å². The molecule has 0 radical (unpaired) electrons. The molecule has 0 saturated carbocycles. The maximum absolute atomic E-state index is 3.33. The molecule has 3 nitrogen and oxygen atoms in total. The minimum absolute atomic E-state index is 0.217. The molecular formula is C16H27N3. The highest BCUT2D eigenvalue weighted by Gasteiger charge is 2.36. The van der Waals surface area contributed by atoms with Gasteiger partial charge in [-0.3, -0.25) is 4.90 Å². The van der Waals surface area contributed by atoms with Crippen molar-refractivity contribution in [3.8, 4) is 0 Å². The predicted octanol–water partition coefficient (Wildman–Crippen LogP) is 2.11. The molecule has 1 aliphatic rings. The molecule has 0 aromatic heterocycles. The van der Waals surface area contributed by atoms with Gasteiger partial charge in [0.05, 0.1) is 6.04 Å². The molecule has 0 aliphatic carbocycles. The molecule has 19 heavy (non-hydrogen) atoms. The Morgan fingerprint density at radius 3 is 2.47 bits per heavy atom. The van der Waals surface area contributed by atoms with Gasteiger partial charge in [-0.25, -0.2) is 0 Å². The topological polar surface area (TPSA) is 18.5 Å². The molecule has 1 aromatic rings. The van der Waals surface area contributed by atoms with Gasteiger partial charge in [-0.1, -0.05) is 17.7 Å². The van der Waals surface area contributed by atoms with Gasteiger partial charge in [-0.2, -0.15) is 0 Å². The van der Waals surface area contributed by atoms with Gasteiger partial charge >= 0.3 is 0 Å². The lowest BCUT2D eigenvalue weighted by molar-refractivity contribution is 0.115. The van der Waals surface area contributed by atoms with Crippen LogP contribution in [0.5, 0.6) is 0 Å². The normalized spacial score (nSPS) is 23.6. The van der Waals surface area contributed by atoms with Crippen LogP contribution in [0, 0.1) is 6.92 Å². The van der Waals surface area contributed by atoms with Crippen LogP contribution < -0.4 is 10.2 Å². The number of benzene rings is 1. The van der Waals surface area contributed by atoms with Gasteiger partial charge in [0.1, 0.15) is 0 Å². The predicted molar refractivity (Wildman–Crippen MR) is 82.9 cm³/mol. The summed E-state index contributed by atoms with van der Waals surface area (Å²) in [6.45, 7) is 9.98. The van der Waals surface area contributed by atoms with Crippen LogP contribution in [-0.4, -0.2) is 50.2 Å². The Morgan fingerprint density at radius 2 is 1.89 bits per heavy atom. The highest BCUT2D eigenvalue weighted by atomic mass is 15.3. The molecule has 106 valence electrons. The highest BCUT2D eigenvalue weighted by Crippen LogP contribution is 2.28. The van der Waals surface area contributed by atoms with Gasteiger partial charge in [0, 0.05) is 30.9 Å². The van der Waals surface area contributed by atoms with Crippen molar-refractivity contribution in [3.63, 3.8) is 0 Å². The van der Waals surface area contributed by atoms with Crippen molar-refractivity contribution in [1.29, 1.82) is 0 Å². The first-order valence-corrected chi connectivity index (χ1v) is 7.13. The molecule has 1 fully saturated rings. The molecule has 1 atom stereocenters. The molecule has 0 bridgehead atoms. The average molecular weight is 261 g/mol. The third-order valence-electron chi connectivity index (χ3n) is 4.32. The molecule has 2 rings (SSSR count). The van der Waals surface area contributed by atoms with Crippen molar-refractivity contribution in [2.75, 3.05) is 38.6 Å². The van der Waals surface area contributed by atoms with E-state index in [2.05, 4.69) is 67.2 Å². The second-order valence-electron chi connectivity index (χ2n) is 6.37. The van der Waals surface area contributed by atoms with E-state index < -0.39 is 0 Å². The summed E-state index contributed by atoms with van der Waals surface area (Å²) in [5.41, 5.74) is 2.88. The van der Waals surface area contributed by atoms with Gasteiger partial charge in [-0.05, 0) is 47.0 Å². The molecule has 1 unspecified atom stereocenters. The quantitative estimate of drug-likeness (QED) is 0.899. The van der Waals surface area contributed by atoms with E-state index in [4.69, 9.17) is 0 Å². The fourth-order valence-corrected chi connectivity index (χ4v) is 2.78. The lowest BCUT2D eigenvalue weighted by atomic mass is 9.95. The number of piperazine rings is 1. The van der Waals surface area contributed by atoms with Crippen LogP contribution in [0.1, 0.15) is 19.4 Å². The van der Waals surface area contributed by atoms with Crippen LogP contribution >= 0.6 is 0 Å². The smallest absolute Gasteiger partial charge is 0.0542 e. The molecule has 1 aliphatic heterocycles. The van der Waals surface area contributed by atoms with Gasteiger partial charge in [0.25, 0.3) is 0 Å². The summed E-state index contributed by atoms with van der Waals surface area (Å²) in [4.78, 5) is 5.02. The number of likely N-dealkylation sites (N-methyl/N-ethyl adjacent to an activating group) is 2. The van der Waals surface area contributed by atoms with E-state index >= 15 is 0 Å². The van der Waals surface area contributed by atoms with Crippen molar-refractivity contribution in [2.24, 2.45) is 0 Å². The Kier molecular flexibility index (Phi) is 4.16. The molecule has 3 heteroatoms. The standard InChI is InChI=1S/C16H27N3/c1-13-6-8-14(9-7-13)19-12-16(2,3)18(5)11-15(19)10-17-4/h6-9,15,17H,10-12H2,1-5H3. The summed E-state index contributed by atoms with van der Waals surface area (Å²) in [5, 5.41) is 3.33. The Hall–Kier alpha value is -1.06. The molecule has 1 aromatic carbocycles. The van der Waals surface area contributed by atoms with E-state index in [9.17, 15) is 0 Å². The first-order chi connectivity index (χ1) is 8.94. The summed E-state index contributed by atoms with van der Waals surface area (Å²) in [5.74, 6) is 0. The maximum atomic E-state index is 3.33. The van der Waals surface area contributed by atoms with E-state index in [0.29, 0.717) is 6.04 Å². The van der Waals surface area contributed by atoms with E-state index in [1.54, 1.807) is 0 Å². The fraction of sp³-hybridized carbons (Fsp3) is 0.625. The Labute approximate surface area is 117 Å². The Morgan fingerprint density at radius 1 is 1.26 bits per heavy atom. The largest absolute Gasteiger partial charge is 0.364 e. The minimum atomic E-state index is 0.217. The highest BCUT2D eigenvalue weighted by molar-refractivity contribution is 5.50. The van der Waals surface area contributed by atoms with Gasteiger partial charge < -0.3 is 10.2 Å². The third-order valence-corrected chi connectivity index (χ3v) is 4.32. The van der Waals surface area contributed by atoms with Crippen molar-refractivity contribution in [1.82, 2.24) is 10.2 Å². The molecule has 1 N–H and O–H groups in total. The summed E-state index contributed by atoms with van der Waals surface area (Å²) in [7, 11) is 4.27. The van der Waals surface area contributed by atoms with E-state index in [-0.39, 0.29) is 5.54 Å². The summed E-state index contributed by atoms with van der Waals surface area (Å²) in [6, 6.07) is 9.44. The molecule has 0 spiro atoms. The lowest BCUT2D eigenvalue weighted by Gasteiger charge is -2.50. The fourth-order valence-electron chi connectivity index (χ4n) is 2.78. The van der Waals surface area contributed by atoms with Crippen LogP contribution in [0.4, 0.5) is 5.69 Å². The van der Waals surface area contributed by atoms with E-state index in [1.807, 2.05) is 7.05 Å². The Bertz CT molecular complexity index is 411. The molecule has 0 amide bonds. The van der Waals surface area contributed by atoms with Gasteiger partial charge in [0.2, 0.25) is 0 Å². The minimum Gasteiger partial charge on any atom is -0.364 e. The third kappa shape index (κ3) is 3.10. The van der Waals surface area contributed by atoms with Crippen LogP contribution in [0.2, 0.25) is 0 Å². The van der Waals surface area contributed by atoms with Crippen LogP contribution in [-0.2, 0) is 0 Å². The number of nitrogens with one attached hydrogen (secondary N) is 1. The monoisotopic (exact) mass is 261 g/mol. The molecule has 1 saturated heterocycles. The van der Waals surface area contributed by atoms with Crippen LogP contribution in [0.25, 0.3) is 0 Å². The van der Waals surface area contributed by atoms with Crippen molar-refractivity contribution < 1.29 is 0 Å². The zero-order valence-electron chi connectivity index (χ0n) is 12.9. The lowest BCUT2D eigenvalue weighted by Crippen LogP contribution is -2.64. The van der Waals surface area contributed by atoms with E-state index in [0.717, 1.165) is 19.6 Å².